The Morgan fingerprint density at radius 1 is 1.50 bits per heavy atom. The molecule has 1 aromatic rings. The summed E-state index contributed by atoms with van der Waals surface area (Å²) in [7, 11) is 1.67. The molecule has 0 radical (unpaired) electrons. The van der Waals surface area contributed by atoms with Crippen molar-refractivity contribution in [3.63, 3.8) is 0 Å². The zero-order valence-corrected chi connectivity index (χ0v) is 11.5. The summed E-state index contributed by atoms with van der Waals surface area (Å²) in [4.78, 5) is 27.2. The number of amides is 2. The van der Waals surface area contributed by atoms with Crippen LogP contribution in [-0.4, -0.2) is 36.9 Å². The fraction of sp³-hybridized carbons (Fsp3) is 0.400. The van der Waals surface area contributed by atoms with Gasteiger partial charge in [0.1, 0.15) is 0 Å². The van der Waals surface area contributed by atoms with E-state index < -0.39 is 0 Å². The minimum absolute atomic E-state index is 0.104. The lowest BCUT2D eigenvalue weighted by molar-refractivity contribution is -0.117. The van der Waals surface area contributed by atoms with Crippen LogP contribution in [0.25, 0.3) is 0 Å². The van der Waals surface area contributed by atoms with Crippen LogP contribution in [0.3, 0.4) is 0 Å². The number of anilines is 1. The summed E-state index contributed by atoms with van der Waals surface area (Å²) in [5.41, 5.74) is 1.31. The fourth-order valence-electron chi connectivity index (χ4n) is 2.27. The minimum atomic E-state index is -0.131. The van der Waals surface area contributed by atoms with Crippen molar-refractivity contribution in [2.45, 2.75) is 19.3 Å². The first-order valence-corrected chi connectivity index (χ1v) is 6.66. The third-order valence-electron chi connectivity index (χ3n) is 3.38. The lowest BCUT2D eigenvalue weighted by Gasteiger charge is -2.19. The molecule has 20 heavy (non-hydrogen) atoms. The molecule has 5 heteroatoms. The highest BCUT2D eigenvalue weighted by Gasteiger charge is 2.22. The van der Waals surface area contributed by atoms with Crippen molar-refractivity contribution in [2.75, 3.05) is 25.0 Å². The van der Waals surface area contributed by atoms with Crippen LogP contribution in [0.5, 0.6) is 0 Å². The maximum atomic E-state index is 12.2. The second kappa shape index (κ2) is 6.20. The van der Waals surface area contributed by atoms with Crippen LogP contribution in [0, 0.1) is 11.3 Å². The Morgan fingerprint density at radius 2 is 2.30 bits per heavy atom. The van der Waals surface area contributed by atoms with Gasteiger partial charge >= 0.3 is 0 Å². The molecule has 0 bridgehead atoms. The Balaban J connectivity index is 2.15. The summed E-state index contributed by atoms with van der Waals surface area (Å²) < 4.78 is 0. The topological polar surface area (TPSA) is 64.4 Å². The normalized spacial score (nSPS) is 14.2. The van der Waals surface area contributed by atoms with Gasteiger partial charge in [-0.05, 0) is 24.6 Å². The molecule has 0 aromatic heterocycles. The summed E-state index contributed by atoms with van der Waals surface area (Å²) in [5, 5.41) is 8.55. The van der Waals surface area contributed by atoms with Gasteiger partial charge in [0, 0.05) is 37.8 Å². The SMILES string of the molecule is CN(CCC#N)C(=O)c1cccc(N2CCCC2=O)c1. The van der Waals surface area contributed by atoms with Crippen molar-refractivity contribution in [1.82, 2.24) is 4.90 Å². The first-order valence-electron chi connectivity index (χ1n) is 6.66. The van der Waals surface area contributed by atoms with Gasteiger partial charge in [-0.25, -0.2) is 0 Å². The molecule has 5 nitrogen and oxygen atoms in total. The third-order valence-corrected chi connectivity index (χ3v) is 3.38. The van der Waals surface area contributed by atoms with E-state index in [1.165, 1.54) is 4.90 Å². The molecular weight excluding hydrogens is 254 g/mol. The molecular formula is C15H17N3O2. The van der Waals surface area contributed by atoms with Crippen LogP contribution in [0.2, 0.25) is 0 Å². The molecule has 0 aliphatic carbocycles. The largest absolute Gasteiger partial charge is 0.341 e. The second-order valence-corrected chi connectivity index (χ2v) is 4.83. The maximum absolute atomic E-state index is 12.2. The van der Waals surface area contributed by atoms with Gasteiger partial charge in [0.2, 0.25) is 5.91 Å². The quantitative estimate of drug-likeness (QED) is 0.838. The summed E-state index contributed by atoms with van der Waals surface area (Å²) >= 11 is 0. The Kier molecular flexibility index (Phi) is 4.36. The van der Waals surface area contributed by atoms with Crippen molar-refractivity contribution in [2.24, 2.45) is 0 Å². The third kappa shape index (κ3) is 2.97. The summed E-state index contributed by atoms with van der Waals surface area (Å²) in [5.74, 6) is -0.0267. The van der Waals surface area contributed by atoms with Gasteiger partial charge in [0.15, 0.2) is 0 Å². The summed E-state index contributed by atoms with van der Waals surface area (Å²) in [6.07, 6.45) is 1.74. The smallest absolute Gasteiger partial charge is 0.253 e. The minimum Gasteiger partial charge on any atom is -0.341 e. The summed E-state index contributed by atoms with van der Waals surface area (Å²) in [6, 6.07) is 9.12. The van der Waals surface area contributed by atoms with Gasteiger partial charge in [0.25, 0.3) is 5.91 Å². The highest BCUT2D eigenvalue weighted by atomic mass is 16.2. The van der Waals surface area contributed by atoms with E-state index in [0.717, 1.165) is 12.1 Å². The van der Waals surface area contributed by atoms with E-state index >= 15 is 0 Å². The highest BCUT2D eigenvalue weighted by molar-refractivity contribution is 5.98. The number of nitriles is 1. The van der Waals surface area contributed by atoms with Crippen LogP contribution < -0.4 is 4.90 Å². The monoisotopic (exact) mass is 271 g/mol. The van der Waals surface area contributed by atoms with Crippen LogP contribution in [0.1, 0.15) is 29.6 Å². The number of hydrogen-bond donors (Lipinski definition) is 0. The Morgan fingerprint density at radius 3 is 2.95 bits per heavy atom. The van der Waals surface area contributed by atoms with E-state index in [9.17, 15) is 9.59 Å². The van der Waals surface area contributed by atoms with Crippen molar-refractivity contribution in [3.8, 4) is 6.07 Å². The lowest BCUT2D eigenvalue weighted by atomic mass is 10.1. The van der Waals surface area contributed by atoms with Crippen molar-refractivity contribution in [3.05, 3.63) is 29.8 Å². The number of hydrogen-bond acceptors (Lipinski definition) is 3. The molecule has 0 unspecified atom stereocenters. The molecule has 0 atom stereocenters. The second-order valence-electron chi connectivity index (χ2n) is 4.83. The number of carbonyl (C=O) groups is 2. The number of benzene rings is 1. The molecule has 0 saturated carbocycles. The van der Waals surface area contributed by atoms with Crippen LogP contribution in [0.4, 0.5) is 5.69 Å². The molecule has 0 N–H and O–H groups in total. The fourth-order valence-corrected chi connectivity index (χ4v) is 2.27. The average Bonchev–Trinajstić information content (AvgIpc) is 2.90. The van der Waals surface area contributed by atoms with E-state index in [4.69, 9.17) is 5.26 Å². The summed E-state index contributed by atoms with van der Waals surface area (Å²) in [6.45, 7) is 1.11. The van der Waals surface area contributed by atoms with E-state index in [1.54, 1.807) is 30.1 Å². The average molecular weight is 271 g/mol. The number of rotatable bonds is 4. The highest BCUT2D eigenvalue weighted by Crippen LogP contribution is 2.22. The number of nitrogens with zero attached hydrogens (tertiary/aromatic N) is 3. The van der Waals surface area contributed by atoms with Crippen LogP contribution >= 0.6 is 0 Å². The van der Waals surface area contributed by atoms with Crippen molar-refractivity contribution in [1.29, 1.82) is 5.26 Å². The standard InChI is InChI=1S/C15H17N3O2/c1-17(9-4-8-16)15(20)12-5-2-6-13(11-12)18-10-3-7-14(18)19/h2,5-6,11H,3-4,7,9-10H2,1H3. The zero-order valence-electron chi connectivity index (χ0n) is 11.5. The molecule has 1 aliphatic rings. The van der Waals surface area contributed by atoms with E-state index in [0.29, 0.717) is 31.5 Å². The first kappa shape index (κ1) is 14.1. The molecule has 2 amide bonds. The van der Waals surface area contributed by atoms with Gasteiger partial charge in [-0.1, -0.05) is 6.07 Å². The molecule has 1 aliphatic heterocycles. The molecule has 0 spiro atoms. The Bertz CT molecular complexity index is 562. The van der Waals surface area contributed by atoms with E-state index in [1.807, 2.05) is 12.1 Å². The Hall–Kier alpha value is -2.35. The molecule has 2 rings (SSSR count). The van der Waals surface area contributed by atoms with Gasteiger partial charge < -0.3 is 9.80 Å². The maximum Gasteiger partial charge on any atom is 0.253 e. The van der Waals surface area contributed by atoms with Crippen LogP contribution in [-0.2, 0) is 4.79 Å². The molecule has 1 fully saturated rings. The predicted octanol–water partition coefficient (Wildman–Crippen LogP) is 1.80. The van der Waals surface area contributed by atoms with Gasteiger partial charge in [-0.2, -0.15) is 5.26 Å². The van der Waals surface area contributed by atoms with Crippen molar-refractivity contribution < 1.29 is 9.59 Å². The van der Waals surface area contributed by atoms with Gasteiger partial charge in [-0.3, -0.25) is 9.59 Å². The molecule has 104 valence electrons. The van der Waals surface area contributed by atoms with E-state index in [-0.39, 0.29) is 11.8 Å². The van der Waals surface area contributed by atoms with Gasteiger partial charge in [0.05, 0.1) is 12.5 Å². The van der Waals surface area contributed by atoms with Gasteiger partial charge in [-0.15, -0.1) is 0 Å². The molecule has 1 aromatic carbocycles. The lowest BCUT2D eigenvalue weighted by Crippen LogP contribution is -2.28. The van der Waals surface area contributed by atoms with Crippen LogP contribution in [0.15, 0.2) is 24.3 Å². The number of carbonyl (C=O) groups excluding carboxylic acids is 2. The zero-order chi connectivity index (χ0) is 14.5. The molecule has 1 heterocycles. The predicted molar refractivity (Wildman–Crippen MR) is 75.2 cm³/mol. The Labute approximate surface area is 118 Å². The van der Waals surface area contributed by atoms with Crippen molar-refractivity contribution >= 4 is 17.5 Å². The van der Waals surface area contributed by atoms with E-state index in [2.05, 4.69) is 0 Å². The first-order chi connectivity index (χ1) is 9.63. The molecule has 1 saturated heterocycles.